The van der Waals surface area contributed by atoms with Gasteiger partial charge in [-0.15, -0.1) is 0 Å². The molecule has 6 heteroatoms. The molecular formula is C14H14Cl2N2O2. The number of carbonyl (C=O) groups is 1. The van der Waals surface area contributed by atoms with Gasteiger partial charge in [0.15, 0.2) is 0 Å². The van der Waals surface area contributed by atoms with Gasteiger partial charge in [0.25, 0.3) is 5.91 Å². The summed E-state index contributed by atoms with van der Waals surface area (Å²) in [5, 5.41) is 3.32. The predicted octanol–water partition coefficient (Wildman–Crippen LogP) is 3.97. The third-order valence-electron chi connectivity index (χ3n) is 2.88. The van der Waals surface area contributed by atoms with Gasteiger partial charge in [0.1, 0.15) is 11.5 Å². The molecule has 3 N–H and O–H groups in total. The van der Waals surface area contributed by atoms with Crippen molar-refractivity contribution in [2.75, 3.05) is 5.73 Å². The Morgan fingerprint density at radius 3 is 2.40 bits per heavy atom. The number of halogens is 2. The van der Waals surface area contributed by atoms with Crippen LogP contribution in [0.25, 0.3) is 0 Å². The SMILES string of the molecule is Cc1ccc(C(C)NC(=O)c2cc(Cl)c(N)c(Cl)c2)o1. The molecule has 0 aliphatic rings. The average molecular weight is 313 g/mol. The van der Waals surface area contributed by atoms with Crippen LogP contribution < -0.4 is 11.1 Å². The molecule has 0 radical (unpaired) electrons. The molecule has 1 amide bonds. The second-order valence-corrected chi connectivity index (χ2v) is 5.31. The Kier molecular flexibility index (Phi) is 4.26. The van der Waals surface area contributed by atoms with E-state index in [9.17, 15) is 4.79 Å². The molecule has 2 aromatic rings. The summed E-state index contributed by atoms with van der Waals surface area (Å²) >= 11 is 11.8. The minimum Gasteiger partial charge on any atom is -0.464 e. The van der Waals surface area contributed by atoms with Gasteiger partial charge in [0, 0.05) is 5.56 Å². The van der Waals surface area contributed by atoms with Gasteiger partial charge in [-0.25, -0.2) is 0 Å². The maximum absolute atomic E-state index is 12.1. The molecule has 106 valence electrons. The van der Waals surface area contributed by atoms with Crippen molar-refractivity contribution in [1.82, 2.24) is 5.32 Å². The van der Waals surface area contributed by atoms with Gasteiger partial charge < -0.3 is 15.5 Å². The lowest BCUT2D eigenvalue weighted by Crippen LogP contribution is -2.26. The van der Waals surface area contributed by atoms with E-state index < -0.39 is 0 Å². The third kappa shape index (κ3) is 3.08. The normalized spacial score (nSPS) is 12.2. The van der Waals surface area contributed by atoms with Crippen LogP contribution in [0.5, 0.6) is 0 Å². The number of benzene rings is 1. The number of amides is 1. The zero-order valence-corrected chi connectivity index (χ0v) is 12.5. The number of rotatable bonds is 3. The first-order valence-electron chi connectivity index (χ1n) is 6.00. The summed E-state index contributed by atoms with van der Waals surface area (Å²) in [4.78, 5) is 12.1. The lowest BCUT2D eigenvalue weighted by molar-refractivity contribution is 0.0935. The van der Waals surface area contributed by atoms with Crippen LogP contribution in [0.3, 0.4) is 0 Å². The summed E-state index contributed by atoms with van der Waals surface area (Å²) in [7, 11) is 0. The van der Waals surface area contributed by atoms with Crippen LogP contribution in [0.15, 0.2) is 28.7 Å². The molecule has 1 aromatic carbocycles. The second-order valence-electron chi connectivity index (χ2n) is 4.50. The van der Waals surface area contributed by atoms with E-state index in [0.29, 0.717) is 11.3 Å². The van der Waals surface area contributed by atoms with Crippen molar-refractivity contribution in [3.63, 3.8) is 0 Å². The van der Waals surface area contributed by atoms with Crippen molar-refractivity contribution in [2.24, 2.45) is 0 Å². The highest BCUT2D eigenvalue weighted by Crippen LogP contribution is 2.29. The maximum atomic E-state index is 12.1. The van der Waals surface area contributed by atoms with Crippen molar-refractivity contribution in [1.29, 1.82) is 0 Å². The molecule has 0 aliphatic heterocycles. The Bertz CT molecular complexity index is 629. The first-order chi connectivity index (χ1) is 9.38. The Balaban J connectivity index is 2.16. The molecule has 1 aromatic heterocycles. The van der Waals surface area contributed by atoms with Gasteiger partial charge in [-0.3, -0.25) is 4.79 Å². The topological polar surface area (TPSA) is 68.3 Å². The van der Waals surface area contributed by atoms with Crippen LogP contribution >= 0.6 is 23.2 Å². The van der Waals surface area contributed by atoms with E-state index in [1.165, 1.54) is 12.1 Å². The van der Waals surface area contributed by atoms with Crippen molar-refractivity contribution in [2.45, 2.75) is 19.9 Å². The molecule has 0 spiro atoms. The monoisotopic (exact) mass is 312 g/mol. The Hall–Kier alpha value is -1.65. The van der Waals surface area contributed by atoms with E-state index in [1.54, 1.807) is 0 Å². The zero-order valence-electron chi connectivity index (χ0n) is 11.0. The van der Waals surface area contributed by atoms with Crippen LogP contribution in [-0.2, 0) is 0 Å². The van der Waals surface area contributed by atoms with E-state index in [-0.39, 0.29) is 27.7 Å². The van der Waals surface area contributed by atoms with Crippen LogP contribution in [0.4, 0.5) is 5.69 Å². The Labute approximate surface area is 126 Å². The molecule has 1 unspecified atom stereocenters. The van der Waals surface area contributed by atoms with Crippen molar-refractivity contribution < 1.29 is 9.21 Å². The number of anilines is 1. The summed E-state index contributed by atoms with van der Waals surface area (Å²) in [5.74, 6) is 1.18. The van der Waals surface area contributed by atoms with E-state index in [4.69, 9.17) is 33.4 Å². The van der Waals surface area contributed by atoms with Crippen LogP contribution in [0.1, 0.15) is 34.8 Å². The van der Waals surface area contributed by atoms with Crippen LogP contribution in [0.2, 0.25) is 10.0 Å². The number of hydrogen-bond acceptors (Lipinski definition) is 3. The van der Waals surface area contributed by atoms with E-state index in [1.807, 2.05) is 26.0 Å². The van der Waals surface area contributed by atoms with Crippen molar-refractivity contribution in [3.05, 3.63) is 51.4 Å². The summed E-state index contributed by atoms with van der Waals surface area (Å²) in [6, 6.07) is 6.38. The minimum absolute atomic E-state index is 0.254. The standard InChI is InChI=1S/C14H14Cl2N2O2/c1-7-3-4-12(20-7)8(2)18-14(19)9-5-10(15)13(17)11(16)6-9/h3-6,8H,17H2,1-2H3,(H,18,19). The molecule has 0 aliphatic carbocycles. The number of nitrogens with one attached hydrogen (secondary N) is 1. The number of nitrogens with two attached hydrogens (primary N) is 1. The van der Waals surface area contributed by atoms with E-state index in [0.717, 1.165) is 5.76 Å². The number of aryl methyl sites for hydroxylation is 1. The quantitative estimate of drug-likeness (QED) is 0.843. The predicted molar refractivity (Wildman–Crippen MR) is 80.2 cm³/mol. The minimum atomic E-state index is -0.296. The maximum Gasteiger partial charge on any atom is 0.251 e. The Morgan fingerprint density at radius 1 is 1.30 bits per heavy atom. The summed E-state index contributed by atoms with van der Waals surface area (Å²) in [6.07, 6.45) is 0. The summed E-state index contributed by atoms with van der Waals surface area (Å²) in [5.41, 5.74) is 6.25. The van der Waals surface area contributed by atoms with Crippen LogP contribution in [-0.4, -0.2) is 5.91 Å². The number of furan rings is 1. The summed E-state index contributed by atoms with van der Waals surface area (Å²) in [6.45, 7) is 3.67. The molecular weight excluding hydrogens is 299 g/mol. The summed E-state index contributed by atoms with van der Waals surface area (Å²) < 4.78 is 5.46. The highest BCUT2D eigenvalue weighted by molar-refractivity contribution is 6.39. The van der Waals surface area contributed by atoms with Gasteiger partial charge in [0.2, 0.25) is 0 Å². The number of hydrogen-bond donors (Lipinski definition) is 2. The van der Waals surface area contributed by atoms with Gasteiger partial charge in [-0.1, -0.05) is 23.2 Å². The van der Waals surface area contributed by atoms with Gasteiger partial charge in [-0.2, -0.15) is 0 Å². The number of nitrogen functional groups attached to an aromatic ring is 1. The smallest absolute Gasteiger partial charge is 0.251 e. The molecule has 0 saturated carbocycles. The van der Waals surface area contributed by atoms with E-state index in [2.05, 4.69) is 5.32 Å². The van der Waals surface area contributed by atoms with Gasteiger partial charge in [0.05, 0.1) is 21.8 Å². The first kappa shape index (κ1) is 14.8. The second kappa shape index (κ2) is 5.77. The fraction of sp³-hybridized carbons (Fsp3) is 0.214. The largest absolute Gasteiger partial charge is 0.464 e. The molecule has 1 heterocycles. The lowest BCUT2D eigenvalue weighted by atomic mass is 10.1. The van der Waals surface area contributed by atoms with Crippen LogP contribution in [0, 0.1) is 6.92 Å². The molecule has 0 saturated heterocycles. The molecule has 0 fully saturated rings. The highest BCUT2D eigenvalue weighted by Gasteiger charge is 2.16. The first-order valence-corrected chi connectivity index (χ1v) is 6.76. The fourth-order valence-corrected chi connectivity index (χ4v) is 2.24. The fourth-order valence-electron chi connectivity index (χ4n) is 1.75. The molecule has 4 nitrogen and oxygen atoms in total. The van der Waals surface area contributed by atoms with Crippen molar-refractivity contribution in [3.8, 4) is 0 Å². The average Bonchev–Trinajstić information content (AvgIpc) is 2.82. The molecule has 20 heavy (non-hydrogen) atoms. The number of carbonyl (C=O) groups excluding carboxylic acids is 1. The Morgan fingerprint density at radius 2 is 1.90 bits per heavy atom. The molecule has 2 rings (SSSR count). The van der Waals surface area contributed by atoms with Crippen molar-refractivity contribution >= 4 is 34.8 Å². The zero-order chi connectivity index (χ0) is 14.9. The third-order valence-corrected chi connectivity index (χ3v) is 3.50. The van der Waals surface area contributed by atoms with Gasteiger partial charge in [-0.05, 0) is 38.1 Å². The lowest BCUT2D eigenvalue weighted by Gasteiger charge is -2.12. The highest BCUT2D eigenvalue weighted by atomic mass is 35.5. The van der Waals surface area contributed by atoms with Gasteiger partial charge >= 0.3 is 0 Å². The van der Waals surface area contributed by atoms with E-state index >= 15 is 0 Å². The molecule has 0 bridgehead atoms. The molecule has 1 atom stereocenters.